The first-order chi connectivity index (χ1) is 10.5. The summed E-state index contributed by atoms with van der Waals surface area (Å²) in [4.78, 5) is 14.3. The molecule has 0 spiro atoms. The van der Waals surface area contributed by atoms with Crippen LogP contribution in [0.4, 0.5) is 11.5 Å². The number of sulfonamides is 1. The molecular weight excluding hydrogens is 308 g/mol. The number of hydrogen-bond donors (Lipinski definition) is 2. The molecule has 2 N–H and O–H groups in total. The van der Waals surface area contributed by atoms with Crippen molar-refractivity contribution in [1.29, 1.82) is 0 Å². The number of nitro groups is 1. The lowest BCUT2D eigenvalue weighted by atomic mass is 10.4. The van der Waals surface area contributed by atoms with Crippen molar-refractivity contribution in [3.05, 3.63) is 58.8 Å². The van der Waals surface area contributed by atoms with Crippen LogP contribution >= 0.6 is 0 Å². The van der Waals surface area contributed by atoms with Crippen LogP contribution in [0.1, 0.15) is 0 Å². The first-order valence-corrected chi connectivity index (χ1v) is 7.87. The summed E-state index contributed by atoms with van der Waals surface area (Å²) >= 11 is 0. The van der Waals surface area contributed by atoms with Gasteiger partial charge in [-0.25, -0.2) is 18.1 Å². The molecule has 0 fully saturated rings. The predicted molar refractivity (Wildman–Crippen MR) is 81.0 cm³/mol. The van der Waals surface area contributed by atoms with Gasteiger partial charge in [-0.1, -0.05) is 18.2 Å². The van der Waals surface area contributed by atoms with Crippen LogP contribution in [-0.2, 0) is 10.0 Å². The molecule has 0 atom stereocenters. The minimum Gasteiger partial charge on any atom is -0.363 e. The summed E-state index contributed by atoms with van der Waals surface area (Å²) < 4.78 is 26.3. The summed E-state index contributed by atoms with van der Waals surface area (Å²) in [5.74, 6) is 0.103. The van der Waals surface area contributed by atoms with Gasteiger partial charge in [0.05, 0.1) is 9.82 Å². The van der Waals surface area contributed by atoms with Gasteiger partial charge in [0, 0.05) is 25.4 Å². The van der Waals surface area contributed by atoms with Crippen molar-refractivity contribution in [3.63, 3.8) is 0 Å². The maximum Gasteiger partial charge on any atom is 0.311 e. The van der Waals surface area contributed by atoms with Gasteiger partial charge < -0.3 is 5.32 Å². The van der Waals surface area contributed by atoms with Crippen molar-refractivity contribution >= 4 is 21.5 Å². The van der Waals surface area contributed by atoms with Crippen LogP contribution in [0.3, 0.4) is 0 Å². The van der Waals surface area contributed by atoms with E-state index < -0.39 is 14.9 Å². The third-order valence-corrected chi connectivity index (χ3v) is 4.22. The number of nitrogens with zero attached hydrogens (tertiary/aromatic N) is 2. The molecule has 2 rings (SSSR count). The van der Waals surface area contributed by atoms with E-state index in [0.717, 1.165) is 0 Å². The summed E-state index contributed by atoms with van der Waals surface area (Å²) in [6.45, 7) is 0.245. The minimum absolute atomic E-state index is 0.0744. The fourth-order valence-corrected chi connectivity index (χ4v) is 2.78. The summed E-state index contributed by atoms with van der Waals surface area (Å²) in [5.41, 5.74) is -0.159. The van der Waals surface area contributed by atoms with Crippen LogP contribution < -0.4 is 10.0 Å². The Hall–Kier alpha value is -2.52. The average molecular weight is 322 g/mol. The molecule has 0 bridgehead atoms. The molecule has 116 valence electrons. The highest BCUT2D eigenvalue weighted by Gasteiger charge is 2.15. The Morgan fingerprint density at radius 1 is 1.09 bits per heavy atom. The normalized spacial score (nSPS) is 11.1. The summed E-state index contributed by atoms with van der Waals surface area (Å²) in [5, 5.41) is 13.6. The van der Waals surface area contributed by atoms with Gasteiger partial charge in [0.25, 0.3) is 0 Å². The summed E-state index contributed by atoms with van der Waals surface area (Å²) in [6, 6.07) is 10.7. The second-order valence-electron chi connectivity index (χ2n) is 4.27. The van der Waals surface area contributed by atoms with Crippen molar-refractivity contribution in [2.75, 3.05) is 18.4 Å². The lowest BCUT2D eigenvalue weighted by Crippen LogP contribution is -2.29. The fraction of sp³-hybridized carbons (Fsp3) is 0.154. The monoisotopic (exact) mass is 322 g/mol. The van der Waals surface area contributed by atoms with E-state index in [-0.39, 0.29) is 29.5 Å². The first-order valence-electron chi connectivity index (χ1n) is 6.39. The third-order valence-electron chi connectivity index (χ3n) is 2.75. The molecule has 1 heterocycles. The Morgan fingerprint density at radius 3 is 2.50 bits per heavy atom. The zero-order valence-corrected chi connectivity index (χ0v) is 12.3. The maximum absolute atomic E-state index is 12.0. The predicted octanol–water partition coefficient (Wildman–Crippen LogP) is 1.38. The molecule has 0 aliphatic carbocycles. The van der Waals surface area contributed by atoms with Gasteiger partial charge >= 0.3 is 5.69 Å². The highest BCUT2D eigenvalue weighted by atomic mass is 32.2. The molecule has 2 aromatic rings. The van der Waals surface area contributed by atoms with Gasteiger partial charge in [0.15, 0.2) is 0 Å². The highest BCUT2D eigenvalue weighted by Crippen LogP contribution is 2.19. The van der Waals surface area contributed by atoms with Crippen LogP contribution in [0.25, 0.3) is 0 Å². The van der Waals surface area contributed by atoms with Gasteiger partial charge in [-0.15, -0.1) is 0 Å². The molecular formula is C13H14N4O4S. The van der Waals surface area contributed by atoms with Crippen molar-refractivity contribution in [1.82, 2.24) is 9.71 Å². The van der Waals surface area contributed by atoms with E-state index in [1.165, 1.54) is 30.5 Å². The van der Waals surface area contributed by atoms with Gasteiger partial charge in [0.2, 0.25) is 15.8 Å². The molecule has 22 heavy (non-hydrogen) atoms. The number of nitrogens with one attached hydrogen (secondary N) is 2. The van der Waals surface area contributed by atoms with Crippen molar-refractivity contribution < 1.29 is 13.3 Å². The Balaban J connectivity index is 1.92. The molecule has 0 amide bonds. The van der Waals surface area contributed by atoms with Crippen LogP contribution in [0.5, 0.6) is 0 Å². The molecule has 0 aliphatic heterocycles. The molecule has 0 saturated heterocycles. The Labute approximate surface area is 127 Å². The zero-order chi connectivity index (χ0) is 16.0. The van der Waals surface area contributed by atoms with E-state index in [2.05, 4.69) is 15.0 Å². The number of anilines is 1. The molecule has 0 aliphatic rings. The fourth-order valence-electron chi connectivity index (χ4n) is 1.73. The molecule has 1 aromatic heterocycles. The SMILES string of the molecule is O=[N+]([O-])c1cccnc1NCCNS(=O)(=O)c1ccccc1. The standard InChI is InChI=1S/C13H14N4O4S/c18-17(19)12-7-4-8-14-13(12)15-9-10-16-22(20,21)11-5-2-1-3-6-11/h1-8,16H,9-10H2,(H,14,15). The second-order valence-corrected chi connectivity index (χ2v) is 6.03. The number of hydrogen-bond acceptors (Lipinski definition) is 6. The van der Waals surface area contributed by atoms with E-state index in [4.69, 9.17) is 0 Å². The molecule has 0 unspecified atom stereocenters. The van der Waals surface area contributed by atoms with Crippen molar-refractivity contribution in [3.8, 4) is 0 Å². The Bertz CT molecular complexity index is 750. The number of pyridine rings is 1. The van der Waals surface area contributed by atoms with E-state index in [1.54, 1.807) is 18.2 Å². The Kier molecular flexibility index (Phi) is 5.02. The molecule has 1 aromatic carbocycles. The summed E-state index contributed by atoms with van der Waals surface area (Å²) in [7, 11) is -3.59. The largest absolute Gasteiger partial charge is 0.363 e. The van der Waals surface area contributed by atoms with Crippen LogP contribution in [-0.4, -0.2) is 31.4 Å². The maximum atomic E-state index is 12.0. The quantitative estimate of drug-likeness (QED) is 0.452. The first kappa shape index (κ1) is 15.9. The topological polar surface area (TPSA) is 114 Å². The average Bonchev–Trinajstić information content (AvgIpc) is 2.53. The van der Waals surface area contributed by atoms with Crippen LogP contribution in [0.15, 0.2) is 53.6 Å². The van der Waals surface area contributed by atoms with Gasteiger partial charge in [-0.2, -0.15) is 0 Å². The van der Waals surface area contributed by atoms with Crippen molar-refractivity contribution in [2.24, 2.45) is 0 Å². The second kappa shape index (κ2) is 6.96. The molecule has 9 heteroatoms. The molecule has 0 radical (unpaired) electrons. The van der Waals surface area contributed by atoms with Crippen LogP contribution in [0.2, 0.25) is 0 Å². The van der Waals surface area contributed by atoms with E-state index in [9.17, 15) is 18.5 Å². The Morgan fingerprint density at radius 2 is 1.82 bits per heavy atom. The van der Waals surface area contributed by atoms with Crippen molar-refractivity contribution in [2.45, 2.75) is 4.90 Å². The van der Waals surface area contributed by atoms with Gasteiger partial charge in [-0.05, 0) is 18.2 Å². The van der Waals surface area contributed by atoms with E-state index in [1.807, 2.05) is 0 Å². The van der Waals surface area contributed by atoms with Gasteiger partial charge in [-0.3, -0.25) is 10.1 Å². The van der Waals surface area contributed by atoms with E-state index in [0.29, 0.717) is 0 Å². The lowest BCUT2D eigenvalue weighted by Gasteiger charge is -2.08. The smallest absolute Gasteiger partial charge is 0.311 e. The zero-order valence-electron chi connectivity index (χ0n) is 11.5. The number of aromatic nitrogens is 1. The van der Waals surface area contributed by atoms with E-state index >= 15 is 0 Å². The highest BCUT2D eigenvalue weighted by molar-refractivity contribution is 7.89. The lowest BCUT2D eigenvalue weighted by molar-refractivity contribution is -0.384. The summed E-state index contributed by atoms with van der Waals surface area (Å²) in [6.07, 6.45) is 1.42. The number of rotatable bonds is 7. The van der Waals surface area contributed by atoms with Gasteiger partial charge in [0.1, 0.15) is 0 Å². The van der Waals surface area contributed by atoms with Crippen LogP contribution in [0, 0.1) is 10.1 Å². The number of benzene rings is 1. The minimum atomic E-state index is -3.59. The third kappa shape index (κ3) is 3.99. The molecule has 8 nitrogen and oxygen atoms in total. The molecule has 0 saturated carbocycles.